The van der Waals surface area contributed by atoms with Crippen LogP contribution >= 0.6 is 0 Å². The zero-order chi connectivity index (χ0) is 18.6. The highest BCUT2D eigenvalue weighted by Crippen LogP contribution is 2.50. The van der Waals surface area contributed by atoms with Gasteiger partial charge in [0.2, 0.25) is 0 Å². The number of rotatable bonds is 7. The highest BCUT2D eigenvalue weighted by molar-refractivity contribution is 5.93. The van der Waals surface area contributed by atoms with Gasteiger partial charge in [-0.25, -0.2) is 0 Å². The van der Waals surface area contributed by atoms with Gasteiger partial charge in [-0.3, -0.25) is 14.6 Å². The average Bonchev–Trinajstić information content (AvgIpc) is 2.56. The quantitative estimate of drug-likeness (QED) is 0.346. The van der Waals surface area contributed by atoms with Crippen molar-refractivity contribution in [1.82, 2.24) is 9.80 Å². The van der Waals surface area contributed by atoms with Crippen molar-refractivity contribution in [2.24, 2.45) is 10.8 Å². The Labute approximate surface area is 147 Å². The third-order valence-corrected chi connectivity index (χ3v) is 6.21. The van der Waals surface area contributed by atoms with E-state index in [1.54, 1.807) is 0 Å². The number of Topliss-reactive ketones (excluding diaryl/α,β-unsaturated/α-hetero) is 1. The molecule has 0 amide bonds. The molecule has 4 saturated heterocycles. The van der Waals surface area contributed by atoms with Crippen LogP contribution in [0.1, 0.15) is 26.7 Å². The monoisotopic (exact) mass is 358 g/mol. The lowest BCUT2D eigenvalue weighted by Crippen LogP contribution is -2.81. The van der Waals surface area contributed by atoms with E-state index in [0.717, 1.165) is 12.8 Å². The number of piperidine rings is 2. The van der Waals surface area contributed by atoms with Gasteiger partial charge in [0.05, 0.1) is 23.6 Å². The SMILES string of the molecule is CCCC12CN3CC(C)(CN(C1)C3C(O)C(O)C(O)C(O)CO)C2=O. The van der Waals surface area contributed by atoms with Crippen LogP contribution in [0.2, 0.25) is 0 Å². The predicted molar refractivity (Wildman–Crippen MR) is 88.5 cm³/mol. The summed E-state index contributed by atoms with van der Waals surface area (Å²) in [6.45, 7) is 5.43. The molecule has 0 saturated carbocycles. The standard InChI is InChI=1S/C17H30N2O6/c1-3-4-17-8-18-6-16(2,15(17)25)7-19(9-17)14(18)13(24)12(23)11(22)10(21)5-20/h10-14,20-24H,3-9H2,1-2H3. The van der Waals surface area contributed by atoms with E-state index in [0.29, 0.717) is 32.0 Å². The normalized spacial score (nSPS) is 44.6. The first-order valence-electron chi connectivity index (χ1n) is 9.05. The number of carbonyl (C=O) groups is 1. The number of aliphatic hydroxyl groups is 5. The van der Waals surface area contributed by atoms with E-state index in [-0.39, 0.29) is 0 Å². The summed E-state index contributed by atoms with van der Waals surface area (Å²) in [6.07, 6.45) is -4.86. The van der Waals surface area contributed by atoms with Gasteiger partial charge in [-0.2, -0.15) is 0 Å². The number of ketones is 1. The number of hydrogen-bond donors (Lipinski definition) is 5. The number of nitrogens with zero attached hydrogens (tertiary/aromatic N) is 2. The van der Waals surface area contributed by atoms with Gasteiger partial charge < -0.3 is 25.5 Å². The number of aliphatic hydroxyl groups excluding tert-OH is 5. The van der Waals surface area contributed by atoms with Crippen LogP contribution in [-0.2, 0) is 4.79 Å². The molecule has 0 aromatic rings. The largest absolute Gasteiger partial charge is 0.394 e. The van der Waals surface area contributed by atoms with E-state index < -0.39 is 48.0 Å². The molecule has 6 atom stereocenters. The third kappa shape index (κ3) is 2.84. The van der Waals surface area contributed by atoms with Gasteiger partial charge in [-0.15, -0.1) is 0 Å². The Morgan fingerprint density at radius 3 is 2.12 bits per heavy atom. The molecular formula is C17H30N2O6. The maximum absolute atomic E-state index is 13.0. The average molecular weight is 358 g/mol. The number of hydrogen-bond acceptors (Lipinski definition) is 8. The molecular weight excluding hydrogens is 328 g/mol. The lowest BCUT2D eigenvalue weighted by Gasteiger charge is -2.66. The van der Waals surface area contributed by atoms with E-state index in [1.807, 2.05) is 16.7 Å². The predicted octanol–water partition coefficient (Wildman–Crippen LogP) is -2.24. The zero-order valence-electron chi connectivity index (χ0n) is 14.9. The second kappa shape index (κ2) is 6.53. The molecule has 4 rings (SSSR count). The molecule has 0 spiro atoms. The van der Waals surface area contributed by atoms with Crippen molar-refractivity contribution in [1.29, 1.82) is 0 Å². The van der Waals surface area contributed by atoms with Crippen molar-refractivity contribution in [3.8, 4) is 0 Å². The Bertz CT molecular complexity index is 513. The summed E-state index contributed by atoms with van der Waals surface area (Å²) >= 11 is 0. The van der Waals surface area contributed by atoms with Crippen LogP contribution in [0.5, 0.6) is 0 Å². The topological polar surface area (TPSA) is 125 Å². The van der Waals surface area contributed by atoms with E-state index in [1.165, 1.54) is 0 Å². The summed E-state index contributed by atoms with van der Waals surface area (Å²) in [5.41, 5.74) is -0.902. The van der Waals surface area contributed by atoms with Gasteiger partial charge in [-0.1, -0.05) is 20.3 Å². The fraction of sp³-hybridized carbons (Fsp3) is 0.941. The van der Waals surface area contributed by atoms with Gasteiger partial charge in [0.15, 0.2) is 0 Å². The first kappa shape index (κ1) is 19.2. The second-order valence-electron chi connectivity index (χ2n) is 8.37. The minimum atomic E-state index is -1.64. The van der Waals surface area contributed by atoms with Crippen molar-refractivity contribution >= 4 is 5.78 Å². The molecule has 6 unspecified atom stereocenters. The van der Waals surface area contributed by atoms with Crippen LogP contribution < -0.4 is 0 Å². The minimum Gasteiger partial charge on any atom is -0.394 e. The molecule has 8 nitrogen and oxygen atoms in total. The Balaban J connectivity index is 1.82. The van der Waals surface area contributed by atoms with Gasteiger partial charge in [0.1, 0.15) is 30.2 Å². The van der Waals surface area contributed by atoms with Crippen molar-refractivity contribution in [2.75, 3.05) is 32.8 Å². The molecule has 0 radical (unpaired) electrons. The summed E-state index contributed by atoms with van der Waals surface area (Å²) in [6, 6.07) is 0. The molecule has 0 aromatic carbocycles. The van der Waals surface area contributed by atoms with E-state index in [2.05, 4.69) is 6.92 Å². The van der Waals surface area contributed by atoms with E-state index in [4.69, 9.17) is 5.11 Å². The molecule has 5 N–H and O–H groups in total. The van der Waals surface area contributed by atoms with Crippen LogP contribution in [0.4, 0.5) is 0 Å². The van der Waals surface area contributed by atoms with Gasteiger partial charge in [0.25, 0.3) is 0 Å². The lowest BCUT2D eigenvalue weighted by atomic mass is 9.59. The maximum atomic E-state index is 13.0. The Morgan fingerprint density at radius 1 is 1.08 bits per heavy atom. The zero-order valence-corrected chi connectivity index (χ0v) is 14.9. The molecule has 4 heterocycles. The van der Waals surface area contributed by atoms with Crippen molar-refractivity contribution in [3.05, 3.63) is 0 Å². The van der Waals surface area contributed by atoms with Crippen molar-refractivity contribution in [3.63, 3.8) is 0 Å². The summed E-state index contributed by atoms with van der Waals surface area (Å²) in [5, 5.41) is 49.3. The highest BCUT2D eigenvalue weighted by atomic mass is 16.4. The van der Waals surface area contributed by atoms with Crippen molar-refractivity contribution < 1.29 is 30.3 Å². The fourth-order valence-corrected chi connectivity index (χ4v) is 5.31. The second-order valence-corrected chi connectivity index (χ2v) is 8.37. The summed E-state index contributed by atoms with van der Waals surface area (Å²) < 4.78 is 0. The summed E-state index contributed by atoms with van der Waals surface area (Å²) in [4.78, 5) is 17.0. The Morgan fingerprint density at radius 2 is 1.64 bits per heavy atom. The van der Waals surface area contributed by atoms with Gasteiger partial charge >= 0.3 is 0 Å². The molecule has 0 aliphatic carbocycles. The first-order chi connectivity index (χ1) is 11.7. The Kier molecular flexibility index (Phi) is 5.00. The molecule has 8 heteroatoms. The maximum Gasteiger partial charge on any atom is 0.150 e. The van der Waals surface area contributed by atoms with Crippen LogP contribution in [-0.4, -0.2) is 104 Å². The first-order valence-corrected chi connectivity index (χ1v) is 9.05. The molecule has 4 bridgehead atoms. The summed E-state index contributed by atoms with van der Waals surface area (Å²) in [7, 11) is 0. The minimum absolute atomic E-state index is 0.304. The molecule has 4 aliphatic rings. The molecule has 144 valence electrons. The number of carbonyl (C=O) groups excluding carboxylic acids is 1. The molecule has 25 heavy (non-hydrogen) atoms. The molecule has 4 fully saturated rings. The van der Waals surface area contributed by atoms with Gasteiger partial charge in [-0.05, 0) is 6.42 Å². The van der Waals surface area contributed by atoms with Crippen LogP contribution in [0.3, 0.4) is 0 Å². The van der Waals surface area contributed by atoms with Gasteiger partial charge in [0, 0.05) is 26.2 Å². The fourth-order valence-electron chi connectivity index (χ4n) is 5.31. The highest BCUT2D eigenvalue weighted by Gasteiger charge is 2.64. The smallest absolute Gasteiger partial charge is 0.150 e. The summed E-state index contributed by atoms with van der Waals surface area (Å²) in [5.74, 6) is 0.304. The molecule has 0 aromatic heterocycles. The van der Waals surface area contributed by atoms with Crippen LogP contribution in [0.25, 0.3) is 0 Å². The van der Waals surface area contributed by atoms with Crippen LogP contribution in [0.15, 0.2) is 0 Å². The van der Waals surface area contributed by atoms with E-state index in [9.17, 15) is 25.2 Å². The Hall–Kier alpha value is -0.610. The van der Waals surface area contributed by atoms with Crippen LogP contribution in [0, 0.1) is 10.8 Å². The lowest BCUT2D eigenvalue weighted by molar-refractivity contribution is -0.231. The molecule has 4 aliphatic heterocycles. The van der Waals surface area contributed by atoms with Crippen molar-refractivity contribution in [2.45, 2.75) is 57.3 Å². The third-order valence-electron chi connectivity index (χ3n) is 6.21. The van der Waals surface area contributed by atoms with E-state index >= 15 is 0 Å².